The average Bonchev–Trinajstić information content (AvgIpc) is 2.14. The molecule has 0 aromatic heterocycles. The van der Waals surface area contributed by atoms with Crippen molar-refractivity contribution in [1.29, 1.82) is 0 Å². The van der Waals surface area contributed by atoms with Crippen LogP contribution in [-0.2, 0) is 0 Å². The van der Waals surface area contributed by atoms with Gasteiger partial charge >= 0.3 is 0 Å². The van der Waals surface area contributed by atoms with Crippen molar-refractivity contribution in [3.63, 3.8) is 0 Å². The first-order valence-electron chi connectivity index (χ1n) is 2.69. The van der Waals surface area contributed by atoms with Crippen LogP contribution in [0.3, 0.4) is 0 Å². The maximum atomic E-state index is 4.16. The maximum absolute atomic E-state index is 4.16. The second kappa shape index (κ2) is 2.22. The molecule has 0 unspecified atom stereocenters. The Labute approximate surface area is 45.1 Å². The molecular formula is C6H10N. The van der Waals surface area contributed by atoms with Crippen molar-refractivity contribution in [3.8, 4) is 0 Å². The van der Waals surface area contributed by atoms with Gasteiger partial charge in [0.1, 0.15) is 0 Å². The van der Waals surface area contributed by atoms with Crippen LogP contribution >= 0.6 is 0 Å². The largest absolute Gasteiger partial charge is 0.662 e. The van der Waals surface area contributed by atoms with Crippen molar-refractivity contribution in [2.24, 2.45) is 0 Å². The monoisotopic (exact) mass is 96.1 g/mol. The molecule has 0 N–H and O–H groups in total. The van der Waals surface area contributed by atoms with E-state index in [1.807, 2.05) is 0 Å². The molecule has 1 radical (unpaired) electrons. The van der Waals surface area contributed by atoms with Crippen LogP contribution in [0.15, 0.2) is 0 Å². The maximum Gasteiger partial charge on any atom is 0.0895 e. The predicted molar refractivity (Wildman–Crippen MR) is 30.9 cm³/mol. The van der Waals surface area contributed by atoms with Crippen LogP contribution in [0.5, 0.6) is 0 Å². The Morgan fingerprint density at radius 2 is 2.57 bits per heavy atom. The SMILES string of the molecule is [CH2+]C[C]1CC[N-]C1. The van der Waals surface area contributed by atoms with Gasteiger partial charge in [-0.1, -0.05) is 6.42 Å². The van der Waals surface area contributed by atoms with Crippen molar-refractivity contribution < 1.29 is 0 Å². The Kier molecular flexibility index (Phi) is 1.58. The van der Waals surface area contributed by atoms with E-state index < -0.39 is 0 Å². The molecule has 0 atom stereocenters. The van der Waals surface area contributed by atoms with Crippen molar-refractivity contribution in [3.05, 3.63) is 18.2 Å². The highest BCUT2D eigenvalue weighted by atomic mass is 14.9. The summed E-state index contributed by atoms with van der Waals surface area (Å²) >= 11 is 0. The summed E-state index contributed by atoms with van der Waals surface area (Å²) in [6.07, 6.45) is 2.19. The summed E-state index contributed by atoms with van der Waals surface area (Å²) in [6.45, 7) is 5.81. The molecule has 0 amide bonds. The summed E-state index contributed by atoms with van der Waals surface area (Å²) in [6, 6.07) is 0. The normalized spacial score (nSPS) is 23.4. The van der Waals surface area contributed by atoms with Gasteiger partial charge in [-0.3, -0.25) is 0 Å². The van der Waals surface area contributed by atoms with Crippen LogP contribution in [0, 0.1) is 12.8 Å². The second-order valence-electron chi connectivity index (χ2n) is 1.86. The lowest BCUT2D eigenvalue weighted by Crippen LogP contribution is -1.89. The Hall–Kier alpha value is -0.170. The van der Waals surface area contributed by atoms with E-state index in [-0.39, 0.29) is 0 Å². The third-order valence-corrected chi connectivity index (χ3v) is 1.31. The lowest BCUT2D eigenvalue weighted by atomic mass is 10.1. The summed E-state index contributed by atoms with van der Waals surface area (Å²) in [5.41, 5.74) is 0. The lowest BCUT2D eigenvalue weighted by Gasteiger charge is -2.04. The Balaban J connectivity index is 2.14. The molecule has 39 valence electrons. The van der Waals surface area contributed by atoms with Crippen LogP contribution < -0.4 is 0 Å². The van der Waals surface area contributed by atoms with Gasteiger partial charge in [-0.05, 0) is 5.92 Å². The van der Waals surface area contributed by atoms with Gasteiger partial charge in [0, 0.05) is 0 Å². The Morgan fingerprint density at radius 3 is 2.86 bits per heavy atom. The van der Waals surface area contributed by atoms with Gasteiger partial charge in [0.15, 0.2) is 0 Å². The Bertz CT molecular complexity index is 46.1. The fraction of sp³-hybridized carbons (Fsp3) is 0.667. The quantitative estimate of drug-likeness (QED) is 0.440. The average molecular weight is 96.2 g/mol. The standard InChI is InChI=1S/C6H10N/c1-2-6-3-4-7-5-6/h1-5H2. The first-order chi connectivity index (χ1) is 3.43. The first kappa shape index (κ1) is 4.98. The molecule has 1 fully saturated rings. The van der Waals surface area contributed by atoms with Gasteiger partial charge in [-0.25, -0.2) is 0 Å². The highest BCUT2D eigenvalue weighted by molar-refractivity contribution is 5.10. The predicted octanol–water partition coefficient (Wildman–Crippen LogP) is 1.56. The molecule has 1 aliphatic rings. The summed E-state index contributed by atoms with van der Waals surface area (Å²) in [4.78, 5) is 0. The lowest BCUT2D eigenvalue weighted by molar-refractivity contribution is 0.905. The fourth-order valence-corrected chi connectivity index (χ4v) is 0.757. The van der Waals surface area contributed by atoms with Crippen LogP contribution in [0.2, 0.25) is 0 Å². The highest BCUT2D eigenvalue weighted by Gasteiger charge is 2.06. The molecule has 1 heteroatoms. The summed E-state index contributed by atoms with van der Waals surface area (Å²) in [5, 5.41) is 4.16. The smallest absolute Gasteiger partial charge is 0.0895 e. The zero-order valence-corrected chi connectivity index (χ0v) is 4.48. The van der Waals surface area contributed by atoms with Gasteiger partial charge < -0.3 is 5.32 Å². The minimum Gasteiger partial charge on any atom is -0.662 e. The van der Waals surface area contributed by atoms with Gasteiger partial charge in [0.05, 0.1) is 13.3 Å². The Morgan fingerprint density at radius 1 is 1.71 bits per heavy atom. The number of nitrogens with zero attached hydrogens (tertiary/aromatic N) is 1. The summed E-state index contributed by atoms with van der Waals surface area (Å²) in [7, 11) is 0. The summed E-state index contributed by atoms with van der Waals surface area (Å²) < 4.78 is 0. The van der Waals surface area contributed by atoms with E-state index in [4.69, 9.17) is 0 Å². The molecule has 0 aromatic carbocycles. The zero-order valence-electron chi connectivity index (χ0n) is 4.48. The van der Waals surface area contributed by atoms with Crippen LogP contribution in [-0.4, -0.2) is 13.1 Å². The van der Waals surface area contributed by atoms with Crippen molar-refractivity contribution in [1.82, 2.24) is 0 Å². The third-order valence-electron chi connectivity index (χ3n) is 1.31. The molecule has 1 nitrogen and oxygen atoms in total. The van der Waals surface area contributed by atoms with Gasteiger partial charge in [-0.2, -0.15) is 0 Å². The van der Waals surface area contributed by atoms with Crippen molar-refractivity contribution in [2.45, 2.75) is 12.8 Å². The third kappa shape index (κ3) is 1.10. The van der Waals surface area contributed by atoms with E-state index >= 15 is 0 Å². The van der Waals surface area contributed by atoms with Gasteiger partial charge in [0.25, 0.3) is 0 Å². The van der Waals surface area contributed by atoms with E-state index in [2.05, 4.69) is 12.2 Å². The van der Waals surface area contributed by atoms with E-state index in [1.165, 1.54) is 12.3 Å². The molecule has 0 aliphatic carbocycles. The first-order valence-corrected chi connectivity index (χ1v) is 2.69. The second-order valence-corrected chi connectivity index (χ2v) is 1.86. The van der Waals surface area contributed by atoms with Crippen molar-refractivity contribution in [2.75, 3.05) is 13.1 Å². The molecule has 0 spiro atoms. The van der Waals surface area contributed by atoms with Crippen LogP contribution in [0.4, 0.5) is 0 Å². The van der Waals surface area contributed by atoms with Gasteiger partial charge in [-0.15, -0.1) is 13.1 Å². The molecule has 1 heterocycles. The van der Waals surface area contributed by atoms with E-state index in [0.29, 0.717) is 0 Å². The minimum absolute atomic E-state index is 0.990. The van der Waals surface area contributed by atoms with E-state index in [0.717, 1.165) is 19.5 Å². The topological polar surface area (TPSA) is 14.1 Å². The van der Waals surface area contributed by atoms with E-state index in [9.17, 15) is 0 Å². The molecule has 1 rings (SSSR count). The fourth-order valence-electron chi connectivity index (χ4n) is 0.757. The number of hydrogen-bond acceptors (Lipinski definition) is 0. The van der Waals surface area contributed by atoms with Crippen LogP contribution in [0.1, 0.15) is 12.8 Å². The van der Waals surface area contributed by atoms with Crippen molar-refractivity contribution >= 4 is 0 Å². The van der Waals surface area contributed by atoms with Crippen LogP contribution in [0.25, 0.3) is 5.32 Å². The molecule has 1 aliphatic heterocycles. The zero-order chi connectivity index (χ0) is 5.11. The summed E-state index contributed by atoms with van der Waals surface area (Å²) in [5.74, 6) is 1.51. The minimum atomic E-state index is 0.990. The molecule has 0 aromatic rings. The van der Waals surface area contributed by atoms with Gasteiger partial charge in [0.2, 0.25) is 0 Å². The molecule has 0 saturated carbocycles. The highest BCUT2D eigenvalue weighted by Crippen LogP contribution is 2.20. The molecule has 0 bridgehead atoms. The molecule has 1 saturated heterocycles. The number of hydrogen-bond donors (Lipinski definition) is 0. The molecule has 7 heavy (non-hydrogen) atoms. The van der Waals surface area contributed by atoms with E-state index in [1.54, 1.807) is 0 Å². The number of rotatable bonds is 1. The molecular weight excluding hydrogens is 86.1 g/mol.